The molecule has 0 radical (unpaired) electrons. The number of sulfone groups is 1. The van der Waals surface area contributed by atoms with Crippen molar-refractivity contribution in [2.24, 2.45) is 11.7 Å². The summed E-state index contributed by atoms with van der Waals surface area (Å²) in [6.45, 7) is 0. The quantitative estimate of drug-likeness (QED) is 0.842. The Kier molecular flexibility index (Phi) is 2.95. The second-order valence-electron chi connectivity index (χ2n) is 4.30. The largest absolute Gasteiger partial charge is 0.393 e. The van der Waals surface area contributed by atoms with Crippen LogP contribution >= 0.6 is 12.2 Å². The molecule has 1 aromatic rings. The first-order chi connectivity index (χ1) is 7.82. The number of rotatable bonds is 3. The van der Waals surface area contributed by atoms with E-state index < -0.39 is 15.1 Å². The molecule has 0 aliphatic heterocycles. The summed E-state index contributed by atoms with van der Waals surface area (Å²) >= 11 is 4.86. The summed E-state index contributed by atoms with van der Waals surface area (Å²) in [5, 5.41) is -0.609. The lowest BCUT2D eigenvalue weighted by atomic mass is 10.1. The molecule has 0 unspecified atom stereocenters. The molecule has 0 saturated heterocycles. The molecule has 0 bridgehead atoms. The van der Waals surface area contributed by atoms with Gasteiger partial charge in [0.05, 0.1) is 10.2 Å². The molecule has 1 saturated carbocycles. The fourth-order valence-electron chi connectivity index (χ4n) is 2.27. The molecule has 0 amide bonds. The van der Waals surface area contributed by atoms with E-state index in [4.69, 9.17) is 18.0 Å². The average Bonchev–Trinajstić information content (AvgIpc) is 2.91. The average molecular weight is 273 g/mol. The molecule has 0 aromatic heterocycles. The minimum Gasteiger partial charge on any atom is -0.393 e. The van der Waals surface area contributed by atoms with Crippen LogP contribution in [0.25, 0.3) is 0 Å². The van der Waals surface area contributed by atoms with E-state index in [1.807, 2.05) is 0 Å². The predicted molar refractivity (Wildman–Crippen MR) is 68.0 cm³/mol. The van der Waals surface area contributed by atoms with E-state index in [1.165, 1.54) is 12.1 Å². The fourth-order valence-corrected chi connectivity index (χ4v) is 4.26. The molecule has 17 heavy (non-hydrogen) atoms. The smallest absolute Gasteiger partial charge is 0.151 e. The van der Waals surface area contributed by atoms with E-state index in [0.717, 1.165) is 6.26 Å². The van der Waals surface area contributed by atoms with Crippen molar-refractivity contribution in [3.63, 3.8) is 0 Å². The van der Waals surface area contributed by atoms with Crippen molar-refractivity contribution in [3.05, 3.63) is 35.6 Å². The van der Waals surface area contributed by atoms with Gasteiger partial charge in [0.2, 0.25) is 0 Å². The molecule has 2 N–H and O–H groups in total. The molecule has 0 spiro atoms. The Labute approximate surface area is 105 Å². The number of thiocarbonyl (C=S) groups is 1. The van der Waals surface area contributed by atoms with Gasteiger partial charge in [-0.2, -0.15) is 0 Å². The van der Waals surface area contributed by atoms with Crippen molar-refractivity contribution in [3.8, 4) is 0 Å². The molecule has 92 valence electrons. The third-order valence-electron chi connectivity index (χ3n) is 3.01. The van der Waals surface area contributed by atoms with Gasteiger partial charge in [-0.25, -0.2) is 12.8 Å². The molecule has 1 aliphatic carbocycles. The number of halogens is 1. The maximum atomic E-state index is 13.1. The Balaban J connectivity index is 2.37. The topological polar surface area (TPSA) is 60.2 Å². The summed E-state index contributed by atoms with van der Waals surface area (Å²) in [6, 6.07) is 5.90. The normalized spacial score (nSPS) is 27.8. The molecule has 2 rings (SSSR count). The summed E-state index contributed by atoms with van der Waals surface area (Å²) in [7, 11) is -3.22. The first kappa shape index (κ1) is 12.4. The Morgan fingerprint density at radius 2 is 2.12 bits per heavy atom. The molecule has 0 heterocycles. The van der Waals surface area contributed by atoms with E-state index >= 15 is 0 Å². The van der Waals surface area contributed by atoms with Crippen LogP contribution in [0, 0.1) is 11.7 Å². The highest BCUT2D eigenvalue weighted by atomic mass is 32.2. The van der Waals surface area contributed by atoms with Crippen LogP contribution in [-0.2, 0) is 9.84 Å². The van der Waals surface area contributed by atoms with Gasteiger partial charge >= 0.3 is 0 Å². The lowest BCUT2D eigenvalue weighted by molar-refractivity contribution is 0.599. The monoisotopic (exact) mass is 273 g/mol. The first-order valence-corrected chi connectivity index (χ1v) is 7.42. The summed E-state index contributed by atoms with van der Waals surface area (Å²) in [5.41, 5.74) is 6.16. The molecule has 1 fully saturated rings. The van der Waals surface area contributed by atoms with Crippen LogP contribution in [0.3, 0.4) is 0 Å². The number of nitrogens with two attached hydrogens (primary N) is 1. The third kappa shape index (κ3) is 2.32. The van der Waals surface area contributed by atoms with Gasteiger partial charge in [-0.15, -0.1) is 0 Å². The van der Waals surface area contributed by atoms with Crippen molar-refractivity contribution >= 4 is 27.0 Å². The predicted octanol–water partition coefficient (Wildman–Crippen LogP) is 1.24. The molecular formula is C11H12FNO2S2. The summed E-state index contributed by atoms with van der Waals surface area (Å²) in [5.74, 6) is -1.07. The summed E-state index contributed by atoms with van der Waals surface area (Å²) in [6.07, 6.45) is 1.15. The van der Waals surface area contributed by atoms with Crippen LogP contribution in [0.1, 0.15) is 11.5 Å². The number of hydrogen-bond acceptors (Lipinski definition) is 3. The van der Waals surface area contributed by atoms with Gasteiger partial charge in [0.1, 0.15) is 5.82 Å². The second kappa shape index (κ2) is 4.03. The second-order valence-corrected chi connectivity index (χ2v) is 6.98. The molecule has 3 atom stereocenters. The zero-order valence-electron chi connectivity index (χ0n) is 9.13. The van der Waals surface area contributed by atoms with Crippen LogP contribution in [0.2, 0.25) is 0 Å². The van der Waals surface area contributed by atoms with E-state index in [-0.39, 0.29) is 22.6 Å². The standard InChI is InChI=1S/C11H12FNO2S2/c1-17(14,15)10-8(9(10)11(13)16)6-3-2-4-7(12)5-6/h2-5,8-10H,1H3,(H2,13,16)/t8-,9+,10+/m1/s1. The van der Waals surface area contributed by atoms with Gasteiger partial charge in [0, 0.05) is 18.1 Å². The van der Waals surface area contributed by atoms with Crippen molar-refractivity contribution in [2.75, 3.05) is 6.26 Å². The molecule has 1 aliphatic rings. The van der Waals surface area contributed by atoms with Crippen molar-refractivity contribution in [1.29, 1.82) is 0 Å². The van der Waals surface area contributed by atoms with Crippen LogP contribution in [0.4, 0.5) is 4.39 Å². The molecule has 3 nitrogen and oxygen atoms in total. The fraction of sp³-hybridized carbons (Fsp3) is 0.364. The SMILES string of the molecule is CS(=O)(=O)[C@@H]1[C@@H](C(N)=S)[C@H]1c1cccc(F)c1. The van der Waals surface area contributed by atoms with Crippen LogP contribution < -0.4 is 5.73 Å². The minimum absolute atomic E-state index is 0.176. The van der Waals surface area contributed by atoms with Gasteiger partial charge in [-0.1, -0.05) is 24.4 Å². The Morgan fingerprint density at radius 1 is 1.47 bits per heavy atom. The first-order valence-electron chi connectivity index (χ1n) is 5.06. The highest BCUT2D eigenvalue weighted by Crippen LogP contribution is 2.52. The van der Waals surface area contributed by atoms with E-state index in [2.05, 4.69) is 0 Å². The van der Waals surface area contributed by atoms with Gasteiger partial charge < -0.3 is 5.73 Å². The van der Waals surface area contributed by atoms with E-state index in [0.29, 0.717) is 5.56 Å². The Bertz CT molecular complexity index is 571. The molecule has 6 heteroatoms. The Hall–Kier alpha value is -1.01. The number of hydrogen-bond donors (Lipinski definition) is 1. The minimum atomic E-state index is -3.22. The van der Waals surface area contributed by atoms with Gasteiger partial charge in [-0.05, 0) is 17.7 Å². The van der Waals surface area contributed by atoms with E-state index in [9.17, 15) is 12.8 Å². The maximum Gasteiger partial charge on any atom is 0.151 e. The van der Waals surface area contributed by atoms with Gasteiger partial charge in [0.25, 0.3) is 0 Å². The lowest BCUT2D eigenvalue weighted by Crippen LogP contribution is -2.16. The Morgan fingerprint density at radius 3 is 2.53 bits per heavy atom. The van der Waals surface area contributed by atoms with Gasteiger partial charge in [-0.3, -0.25) is 0 Å². The highest BCUT2D eigenvalue weighted by Gasteiger charge is 2.58. The summed E-state index contributed by atoms with van der Waals surface area (Å²) in [4.78, 5) is 0.176. The maximum absolute atomic E-state index is 13.1. The highest BCUT2D eigenvalue weighted by molar-refractivity contribution is 7.91. The van der Waals surface area contributed by atoms with E-state index in [1.54, 1.807) is 12.1 Å². The third-order valence-corrected chi connectivity index (χ3v) is 4.86. The van der Waals surface area contributed by atoms with Crippen LogP contribution in [0.5, 0.6) is 0 Å². The van der Waals surface area contributed by atoms with Gasteiger partial charge in [0.15, 0.2) is 9.84 Å². The zero-order valence-corrected chi connectivity index (χ0v) is 10.8. The summed E-state index contributed by atoms with van der Waals surface area (Å²) < 4.78 is 36.2. The number of benzene rings is 1. The lowest BCUT2D eigenvalue weighted by Gasteiger charge is -1.99. The molecular weight excluding hydrogens is 261 g/mol. The van der Waals surface area contributed by atoms with Crippen LogP contribution in [0.15, 0.2) is 24.3 Å². The van der Waals surface area contributed by atoms with Crippen molar-refractivity contribution in [2.45, 2.75) is 11.2 Å². The molecule has 1 aromatic carbocycles. The zero-order chi connectivity index (χ0) is 12.8. The van der Waals surface area contributed by atoms with Crippen molar-refractivity contribution < 1.29 is 12.8 Å². The van der Waals surface area contributed by atoms with Crippen LogP contribution in [-0.4, -0.2) is 24.9 Å². The van der Waals surface area contributed by atoms with Crippen molar-refractivity contribution in [1.82, 2.24) is 0 Å².